The first-order valence-electron chi connectivity index (χ1n) is 5.44. The number of rotatable bonds is 5. The van der Waals surface area contributed by atoms with Crippen LogP contribution in [-0.4, -0.2) is 16.6 Å². The normalized spacial score (nSPS) is 12.5. The van der Waals surface area contributed by atoms with Gasteiger partial charge in [0.2, 0.25) is 0 Å². The molecule has 0 aromatic carbocycles. The molecule has 0 bridgehead atoms. The molecule has 1 atom stereocenters. The second kappa shape index (κ2) is 6.59. The van der Waals surface area contributed by atoms with Crippen LogP contribution in [0.2, 0.25) is 0 Å². The summed E-state index contributed by atoms with van der Waals surface area (Å²) in [5.41, 5.74) is 0.685. The number of hydrogen-bond acceptors (Lipinski definition) is 3. The summed E-state index contributed by atoms with van der Waals surface area (Å²) in [6.07, 6.45) is -0.455. The van der Waals surface area contributed by atoms with Crippen LogP contribution in [0.5, 0.6) is 0 Å². The van der Waals surface area contributed by atoms with E-state index >= 15 is 0 Å². The highest BCUT2D eigenvalue weighted by Crippen LogP contribution is 2.22. The molecule has 0 N–H and O–H groups in total. The molecule has 1 rings (SSSR count). The summed E-state index contributed by atoms with van der Waals surface area (Å²) < 4.78 is 29.8. The molecule has 1 aromatic rings. The van der Waals surface area contributed by atoms with Gasteiger partial charge in [0.25, 0.3) is 6.43 Å². The standard InChI is InChI=1S/C12H15F2NOS/c1-3-16-11(17)6-8(2)9-4-5-10(12(13)14)15-7-9/h4-5,7-8,12H,3,6H2,1-2H3/t8-/m1/s1. The fourth-order valence-electron chi connectivity index (χ4n) is 1.43. The van der Waals surface area contributed by atoms with E-state index in [0.717, 1.165) is 5.56 Å². The minimum Gasteiger partial charge on any atom is -0.487 e. The number of halogens is 2. The number of nitrogens with zero attached hydrogens (tertiary/aromatic N) is 1. The van der Waals surface area contributed by atoms with Gasteiger partial charge in [-0.15, -0.1) is 0 Å². The molecule has 5 heteroatoms. The highest BCUT2D eigenvalue weighted by Gasteiger charge is 2.12. The Morgan fingerprint density at radius 1 is 1.47 bits per heavy atom. The van der Waals surface area contributed by atoms with Crippen molar-refractivity contribution in [2.45, 2.75) is 32.6 Å². The van der Waals surface area contributed by atoms with Crippen LogP contribution in [0.15, 0.2) is 18.3 Å². The van der Waals surface area contributed by atoms with E-state index in [1.807, 2.05) is 13.8 Å². The smallest absolute Gasteiger partial charge is 0.280 e. The zero-order valence-electron chi connectivity index (χ0n) is 9.82. The number of thiocarbonyl (C=S) groups is 1. The third-order valence-electron chi connectivity index (χ3n) is 2.38. The average molecular weight is 259 g/mol. The summed E-state index contributed by atoms with van der Waals surface area (Å²) in [4.78, 5) is 3.72. The SMILES string of the molecule is CCOC(=S)C[C@@H](C)c1ccc(C(F)F)nc1. The second-order valence-electron chi connectivity index (χ2n) is 3.73. The highest BCUT2D eigenvalue weighted by atomic mass is 32.1. The van der Waals surface area contributed by atoms with Crippen LogP contribution in [0.4, 0.5) is 8.78 Å². The van der Waals surface area contributed by atoms with Gasteiger partial charge in [-0.3, -0.25) is 4.98 Å². The molecule has 0 saturated carbocycles. The molecule has 0 aliphatic rings. The molecule has 0 radical (unpaired) electrons. The summed E-state index contributed by atoms with van der Waals surface area (Å²) in [6, 6.07) is 3.01. The van der Waals surface area contributed by atoms with E-state index in [1.54, 1.807) is 6.07 Å². The van der Waals surface area contributed by atoms with Crippen molar-refractivity contribution in [3.63, 3.8) is 0 Å². The maximum absolute atomic E-state index is 12.3. The third kappa shape index (κ3) is 4.34. The summed E-state index contributed by atoms with van der Waals surface area (Å²) in [6.45, 7) is 4.38. The van der Waals surface area contributed by atoms with Crippen LogP contribution < -0.4 is 0 Å². The lowest BCUT2D eigenvalue weighted by molar-refractivity contribution is 0.146. The molecule has 0 aliphatic heterocycles. The Balaban J connectivity index is 2.63. The fourth-order valence-corrected chi connectivity index (χ4v) is 1.79. The molecule has 0 unspecified atom stereocenters. The average Bonchev–Trinajstić information content (AvgIpc) is 2.29. The minimum atomic E-state index is -2.52. The Bertz CT molecular complexity index is 367. The number of ether oxygens (including phenoxy) is 1. The van der Waals surface area contributed by atoms with E-state index < -0.39 is 6.43 Å². The van der Waals surface area contributed by atoms with Crippen LogP contribution in [0.25, 0.3) is 0 Å². The summed E-state index contributed by atoms with van der Waals surface area (Å²) >= 11 is 5.03. The van der Waals surface area contributed by atoms with E-state index in [4.69, 9.17) is 17.0 Å². The summed E-state index contributed by atoms with van der Waals surface area (Å²) in [5, 5.41) is 0.540. The summed E-state index contributed by atoms with van der Waals surface area (Å²) in [5.74, 6) is 0.119. The minimum absolute atomic E-state index is 0.119. The molecule has 0 spiro atoms. The second-order valence-corrected chi connectivity index (χ2v) is 4.18. The van der Waals surface area contributed by atoms with Gasteiger partial charge in [0.15, 0.2) is 5.05 Å². The van der Waals surface area contributed by atoms with E-state index in [2.05, 4.69) is 4.98 Å². The Hall–Kier alpha value is -1.10. The Morgan fingerprint density at radius 2 is 2.18 bits per heavy atom. The van der Waals surface area contributed by atoms with Gasteiger partial charge in [-0.05, 0) is 36.7 Å². The number of alkyl halides is 2. The van der Waals surface area contributed by atoms with Crippen molar-refractivity contribution in [1.29, 1.82) is 0 Å². The lowest BCUT2D eigenvalue weighted by Gasteiger charge is -2.12. The van der Waals surface area contributed by atoms with Crippen molar-refractivity contribution in [3.05, 3.63) is 29.6 Å². The largest absolute Gasteiger partial charge is 0.487 e. The molecule has 0 amide bonds. The van der Waals surface area contributed by atoms with Crippen molar-refractivity contribution >= 4 is 17.3 Å². The Kier molecular flexibility index (Phi) is 5.41. The number of hydrogen-bond donors (Lipinski definition) is 0. The van der Waals surface area contributed by atoms with Crippen LogP contribution >= 0.6 is 12.2 Å². The molecule has 0 saturated heterocycles. The first-order chi connectivity index (χ1) is 8.04. The monoisotopic (exact) mass is 259 g/mol. The van der Waals surface area contributed by atoms with E-state index in [-0.39, 0.29) is 11.6 Å². The Labute approximate surface area is 105 Å². The highest BCUT2D eigenvalue weighted by molar-refractivity contribution is 7.80. The number of pyridine rings is 1. The van der Waals surface area contributed by atoms with Gasteiger partial charge in [0, 0.05) is 12.6 Å². The van der Waals surface area contributed by atoms with Crippen molar-refractivity contribution in [3.8, 4) is 0 Å². The molecule has 0 aliphatic carbocycles. The van der Waals surface area contributed by atoms with Crippen molar-refractivity contribution in [1.82, 2.24) is 4.98 Å². The third-order valence-corrected chi connectivity index (χ3v) is 2.66. The van der Waals surface area contributed by atoms with Gasteiger partial charge in [0.1, 0.15) is 5.69 Å². The topological polar surface area (TPSA) is 22.1 Å². The lowest BCUT2D eigenvalue weighted by atomic mass is 10.00. The summed E-state index contributed by atoms with van der Waals surface area (Å²) in [7, 11) is 0. The molecular formula is C12H15F2NOS. The molecule has 1 aromatic heterocycles. The van der Waals surface area contributed by atoms with Crippen molar-refractivity contribution in [2.75, 3.05) is 6.61 Å². The van der Waals surface area contributed by atoms with Gasteiger partial charge in [-0.25, -0.2) is 8.78 Å². The molecule has 17 heavy (non-hydrogen) atoms. The molecular weight excluding hydrogens is 244 g/mol. The van der Waals surface area contributed by atoms with Crippen molar-refractivity contribution in [2.24, 2.45) is 0 Å². The van der Waals surface area contributed by atoms with Crippen LogP contribution in [0.3, 0.4) is 0 Å². The maximum atomic E-state index is 12.3. The molecule has 1 heterocycles. The van der Waals surface area contributed by atoms with Gasteiger partial charge in [-0.1, -0.05) is 13.0 Å². The quantitative estimate of drug-likeness (QED) is 0.749. The van der Waals surface area contributed by atoms with E-state index in [1.165, 1.54) is 12.3 Å². The zero-order chi connectivity index (χ0) is 12.8. The van der Waals surface area contributed by atoms with E-state index in [0.29, 0.717) is 18.1 Å². The predicted octanol–water partition coefficient (Wildman–Crippen LogP) is 3.88. The molecule has 2 nitrogen and oxygen atoms in total. The van der Waals surface area contributed by atoms with Gasteiger partial charge in [0.05, 0.1) is 6.61 Å². The van der Waals surface area contributed by atoms with Crippen molar-refractivity contribution < 1.29 is 13.5 Å². The van der Waals surface area contributed by atoms with Gasteiger partial charge >= 0.3 is 0 Å². The Morgan fingerprint density at radius 3 is 2.65 bits per heavy atom. The fraction of sp³-hybridized carbons (Fsp3) is 0.500. The van der Waals surface area contributed by atoms with Crippen LogP contribution in [-0.2, 0) is 4.74 Å². The first kappa shape index (κ1) is 14.0. The van der Waals surface area contributed by atoms with E-state index in [9.17, 15) is 8.78 Å². The first-order valence-corrected chi connectivity index (χ1v) is 5.85. The maximum Gasteiger partial charge on any atom is 0.280 e. The predicted molar refractivity (Wildman–Crippen MR) is 66.5 cm³/mol. The lowest BCUT2D eigenvalue weighted by Crippen LogP contribution is -2.06. The molecule has 0 fully saturated rings. The van der Waals surface area contributed by atoms with Crippen LogP contribution in [0.1, 0.15) is 43.9 Å². The van der Waals surface area contributed by atoms with Gasteiger partial charge < -0.3 is 4.74 Å². The zero-order valence-corrected chi connectivity index (χ0v) is 10.6. The van der Waals surface area contributed by atoms with Crippen LogP contribution in [0, 0.1) is 0 Å². The van der Waals surface area contributed by atoms with Gasteiger partial charge in [-0.2, -0.15) is 0 Å². The molecule has 94 valence electrons. The number of aromatic nitrogens is 1.